The summed E-state index contributed by atoms with van der Waals surface area (Å²) in [5, 5.41) is 11.1. The number of hydrogen-bond acceptors (Lipinski definition) is 10. The number of nitrogens with one attached hydrogen (secondary N) is 2. The molecule has 0 amide bonds. The minimum absolute atomic E-state index is 0.0257. The summed E-state index contributed by atoms with van der Waals surface area (Å²) in [6.45, 7) is 8.66. The van der Waals surface area contributed by atoms with E-state index < -0.39 is 0 Å². The van der Waals surface area contributed by atoms with Crippen molar-refractivity contribution in [2.24, 2.45) is 7.05 Å². The molecular weight excluding hydrogens is 520 g/mol. The number of benzene rings is 1. The topological polar surface area (TPSA) is 119 Å². The van der Waals surface area contributed by atoms with Crippen LogP contribution in [0.5, 0.6) is 5.75 Å². The van der Waals surface area contributed by atoms with Crippen molar-refractivity contribution in [1.29, 1.82) is 0 Å². The van der Waals surface area contributed by atoms with Gasteiger partial charge in [0.05, 0.1) is 41.8 Å². The lowest BCUT2D eigenvalue weighted by molar-refractivity contribution is -0.0705. The van der Waals surface area contributed by atoms with Gasteiger partial charge in [-0.2, -0.15) is 5.10 Å². The highest BCUT2D eigenvalue weighted by Crippen LogP contribution is 2.37. The van der Waals surface area contributed by atoms with Crippen LogP contribution in [0, 0.1) is 0 Å². The lowest BCUT2D eigenvalue weighted by atomic mass is 10.1. The Labute approximate surface area is 239 Å². The summed E-state index contributed by atoms with van der Waals surface area (Å²) in [6, 6.07) is 11.5. The van der Waals surface area contributed by atoms with Crippen LogP contribution < -0.4 is 15.4 Å². The van der Waals surface area contributed by atoms with Crippen molar-refractivity contribution >= 4 is 28.8 Å². The second-order valence-corrected chi connectivity index (χ2v) is 10.3. The number of ketones is 1. The number of para-hydroxylation sites is 1. The third-order valence-corrected chi connectivity index (χ3v) is 6.84. The Morgan fingerprint density at radius 3 is 2.46 bits per heavy atom. The van der Waals surface area contributed by atoms with E-state index in [9.17, 15) is 4.79 Å². The number of nitrogens with zero attached hydrogens (tertiary/aromatic N) is 6. The second-order valence-electron chi connectivity index (χ2n) is 10.3. The zero-order chi connectivity index (χ0) is 28.9. The molecule has 2 atom stereocenters. The number of anilines is 4. The van der Waals surface area contributed by atoms with Gasteiger partial charge in [0.25, 0.3) is 0 Å². The smallest absolute Gasteiger partial charge is 0.184 e. The summed E-state index contributed by atoms with van der Waals surface area (Å²) in [4.78, 5) is 28.7. The van der Waals surface area contributed by atoms with Crippen LogP contribution in [0.15, 0.2) is 55.1 Å². The van der Waals surface area contributed by atoms with Crippen LogP contribution >= 0.6 is 0 Å². The number of rotatable bonds is 10. The van der Waals surface area contributed by atoms with Crippen LogP contribution in [-0.2, 0) is 18.3 Å². The summed E-state index contributed by atoms with van der Waals surface area (Å²) in [5.41, 5.74) is 3.63. The van der Waals surface area contributed by atoms with Crippen molar-refractivity contribution in [2.75, 3.05) is 30.8 Å². The quantitative estimate of drug-likeness (QED) is 0.259. The molecule has 1 saturated heterocycles. The molecule has 41 heavy (non-hydrogen) atoms. The van der Waals surface area contributed by atoms with Crippen LogP contribution in [-0.4, -0.2) is 67.8 Å². The largest absolute Gasteiger partial charge is 0.494 e. The predicted molar refractivity (Wildman–Crippen MR) is 158 cm³/mol. The maximum absolute atomic E-state index is 12.8. The van der Waals surface area contributed by atoms with E-state index in [4.69, 9.17) is 9.47 Å². The van der Waals surface area contributed by atoms with Crippen LogP contribution in [0.3, 0.4) is 0 Å². The van der Waals surface area contributed by atoms with Crippen molar-refractivity contribution in [1.82, 2.24) is 29.6 Å². The molecule has 0 aliphatic carbocycles. The molecular formula is C30H36N8O3. The molecule has 0 spiro atoms. The first-order valence-corrected chi connectivity index (χ1v) is 13.8. The zero-order valence-corrected chi connectivity index (χ0v) is 24.1. The molecule has 0 saturated carbocycles. The van der Waals surface area contributed by atoms with Gasteiger partial charge in [-0.25, -0.2) is 15.0 Å². The standard InChI is InChI=1S/C30H36N8O3/c1-6-26(39)23-14-32-28(35-27-11-10-21(13-31-27)17-38-15-19(2)41-20(3)16-38)12-25(23)34-24-9-7-8-22(29(24)40-5)30-33-18-37(4)36-30/h7-14,18-20H,6,15-17H2,1-5H3,(H2,31,32,34,35)/t19-,20+. The minimum Gasteiger partial charge on any atom is -0.494 e. The molecule has 0 bridgehead atoms. The SMILES string of the molecule is CCC(=O)c1cnc(Nc2ccc(CN3C[C@@H](C)O[C@@H](C)C3)cn2)cc1Nc1cccc(-c2ncn(C)n2)c1OC. The van der Waals surface area contributed by atoms with Crippen molar-refractivity contribution in [2.45, 2.75) is 45.9 Å². The number of pyridine rings is 2. The third-order valence-electron chi connectivity index (χ3n) is 6.84. The van der Waals surface area contributed by atoms with Gasteiger partial charge in [-0.15, -0.1) is 0 Å². The lowest BCUT2D eigenvalue weighted by Gasteiger charge is -2.35. The van der Waals surface area contributed by atoms with Crippen molar-refractivity contribution in [3.8, 4) is 17.1 Å². The Bertz CT molecular complexity index is 1490. The fourth-order valence-electron chi connectivity index (χ4n) is 5.07. The first kappa shape index (κ1) is 28.2. The van der Waals surface area contributed by atoms with Gasteiger partial charge >= 0.3 is 0 Å². The Balaban J connectivity index is 1.37. The van der Waals surface area contributed by atoms with Gasteiger partial charge in [-0.3, -0.25) is 14.4 Å². The molecule has 1 aromatic carbocycles. The second kappa shape index (κ2) is 12.4. The van der Waals surface area contributed by atoms with Crippen LogP contribution in [0.1, 0.15) is 43.1 Å². The van der Waals surface area contributed by atoms with Gasteiger partial charge in [-0.1, -0.05) is 19.1 Å². The highest BCUT2D eigenvalue weighted by atomic mass is 16.5. The van der Waals surface area contributed by atoms with Gasteiger partial charge in [-0.05, 0) is 37.6 Å². The average Bonchev–Trinajstić information content (AvgIpc) is 3.39. The Morgan fingerprint density at radius 2 is 1.80 bits per heavy atom. The maximum Gasteiger partial charge on any atom is 0.184 e. The molecule has 11 heteroatoms. The molecule has 0 radical (unpaired) electrons. The summed E-state index contributed by atoms with van der Waals surface area (Å²) in [6.07, 6.45) is 5.89. The van der Waals surface area contributed by atoms with E-state index in [0.717, 1.165) is 30.8 Å². The van der Waals surface area contributed by atoms with E-state index in [-0.39, 0.29) is 18.0 Å². The third kappa shape index (κ3) is 6.69. The molecule has 1 aliphatic heterocycles. The lowest BCUT2D eigenvalue weighted by Crippen LogP contribution is -2.44. The molecule has 3 aromatic heterocycles. The van der Waals surface area contributed by atoms with Gasteiger partial charge in [0.1, 0.15) is 18.0 Å². The first-order valence-electron chi connectivity index (χ1n) is 13.8. The fourth-order valence-corrected chi connectivity index (χ4v) is 5.07. The first-order chi connectivity index (χ1) is 19.8. The van der Waals surface area contributed by atoms with Crippen LogP contribution in [0.4, 0.5) is 23.0 Å². The van der Waals surface area contributed by atoms with E-state index in [1.165, 1.54) is 0 Å². The number of ether oxygens (including phenoxy) is 2. The molecule has 11 nitrogen and oxygen atoms in total. The monoisotopic (exact) mass is 556 g/mol. The highest BCUT2D eigenvalue weighted by Gasteiger charge is 2.22. The Hall–Kier alpha value is -4.35. The molecule has 2 N–H and O–H groups in total. The van der Waals surface area contributed by atoms with Crippen LogP contribution in [0.2, 0.25) is 0 Å². The van der Waals surface area contributed by atoms with Gasteiger partial charge in [0.15, 0.2) is 17.4 Å². The zero-order valence-electron chi connectivity index (χ0n) is 24.1. The molecule has 4 aromatic rings. The number of hydrogen-bond donors (Lipinski definition) is 2. The summed E-state index contributed by atoms with van der Waals surface area (Å²) in [7, 11) is 3.41. The number of carbonyl (C=O) groups is 1. The average molecular weight is 557 g/mol. The number of methoxy groups -OCH3 is 1. The highest BCUT2D eigenvalue weighted by molar-refractivity contribution is 6.02. The molecule has 0 unspecified atom stereocenters. The maximum atomic E-state index is 12.8. The number of Topliss-reactive ketones (excluding diaryl/α,β-unsaturated/α-hetero) is 1. The number of carbonyl (C=O) groups excluding carboxylic acids is 1. The molecule has 4 heterocycles. The van der Waals surface area contributed by atoms with E-state index in [2.05, 4.69) is 55.5 Å². The normalized spacial score (nSPS) is 17.3. The Kier molecular flexibility index (Phi) is 8.55. The fraction of sp³-hybridized carbons (Fsp3) is 0.367. The molecule has 1 fully saturated rings. The predicted octanol–water partition coefficient (Wildman–Crippen LogP) is 4.97. The van der Waals surface area contributed by atoms with Crippen molar-refractivity contribution < 1.29 is 14.3 Å². The van der Waals surface area contributed by atoms with E-state index in [0.29, 0.717) is 46.6 Å². The van der Waals surface area contributed by atoms with Crippen LogP contribution in [0.25, 0.3) is 11.4 Å². The summed E-state index contributed by atoms with van der Waals surface area (Å²) in [5.74, 6) is 2.30. The van der Waals surface area contributed by atoms with Gasteiger partial charge in [0.2, 0.25) is 0 Å². The molecule has 214 valence electrons. The van der Waals surface area contributed by atoms with Gasteiger partial charge in [0, 0.05) is 51.6 Å². The summed E-state index contributed by atoms with van der Waals surface area (Å²) < 4.78 is 13.2. The number of morpholine rings is 1. The van der Waals surface area contributed by atoms with Crippen molar-refractivity contribution in [3.05, 3.63) is 66.2 Å². The van der Waals surface area contributed by atoms with Gasteiger partial charge < -0.3 is 20.1 Å². The molecule has 5 rings (SSSR count). The van der Waals surface area contributed by atoms with E-state index in [1.54, 1.807) is 30.4 Å². The van der Waals surface area contributed by atoms with E-state index >= 15 is 0 Å². The van der Waals surface area contributed by atoms with Crippen molar-refractivity contribution in [3.63, 3.8) is 0 Å². The van der Waals surface area contributed by atoms with E-state index in [1.807, 2.05) is 44.4 Å². The Morgan fingerprint density at radius 1 is 1.02 bits per heavy atom. The molecule has 1 aliphatic rings. The minimum atomic E-state index is -0.0257. The number of aryl methyl sites for hydroxylation is 1. The number of aromatic nitrogens is 5. The summed E-state index contributed by atoms with van der Waals surface area (Å²) >= 11 is 0.